The van der Waals surface area contributed by atoms with E-state index in [1.54, 1.807) is 27.8 Å². The second-order valence-corrected chi connectivity index (χ2v) is 5.18. The molecule has 0 aromatic carbocycles. The van der Waals surface area contributed by atoms with Crippen LogP contribution < -0.4 is 5.32 Å². The Morgan fingerprint density at radius 1 is 1.56 bits per heavy atom. The third-order valence-electron chi connectivity index (χ3n) is 1.50. The van der Waals surface area contributed by atoms with Crippen LogP contribution in [0.5, 0.6) is 0 Å². The van der Waals surface area contributed by atoms with Crippen LogP contribution in [0.1, 0.15) is 6.92 Å². The van der Waals surface area contributed by atoms with Crippen LogP contribution in [0.15, 0.2) is 29.4 Å². The van der Waals surface area contributed by atoms with Gasteiger partial charge in [0.05, 0.1) is 0 Å². The van der Waals surface area contributed by atoms with E-state index in [1.807, 2.05) is 25.1 Å². The Morgan fingerprint density at radius 3 is 3.12 bits per heavy atom. The number of pyridine rings is 1. The molecule has 0 aliphatic rings. The first kappa shape index (κ1) is 13.2. The molecule has 0 unspecified atom stereocenters. The van der Waals surface area contributed by atoms with Crippen molar-refractivity contribution in [1.82, 2.24) is 10.3 Å². The number of ether oxygens (including phenoxy) is 1. The smallest absolute Gasteiger partial charge is 0.407 e. The summed E-state index contributed by atoms with van der Waals surface area (Å²) in [4.78, 5) is 15.1. The van der Waals surface area contributed by atoms with Crippen molar-refractivity contribution in [1.29, 1.82) is 0 Å². The number of amides is 1. The monoisotopic (exact) mass is 258 g/mol. The average Bonchev–Trinajstić information content (AvgIpc) is 2.30. The topological polar surface area (TPSA) is 51.2 Å². The molecule has 0 aliphatic carbocycles. The molecule has 88 valence electrons. The molecule has 4 nitrogen and oxygen atoms in total. The van der Waals surface area contributed by atoms with Crippen molar-refractivity contribution >= 4 is 27.7 Å². The molecule has 0 saturated heterocycles. The van der Waals surface area contributed by atoms with Gasteiger partial charge in [0, 0.05) is 18.5 Å². The number of nitrogens with one attached hydrogen (secondary N) is 1. The second kappa shape index (κ2) is 8.29. The molecule has 1 aromatic rings. The van der Waals surface area contributed by atoms with Gasteiger partial charge in [-0.1, -0.05) is 16.9 Å². The van der Waals surface area contributed by atoms with E-state index in [9.17, 15) is 4.79 Å². The van der Waals surface area contributed by atoms with Crippen molar-refractivity contribution in [2.24, 2.45) is 0 Å². The minimum absolute atomic E-state index is 0.356. The van der Waals surface area contributed by atoms with Gasteiger partial charge in [0.25, 0.3) is 0 Å². The summed E-state index contributed by atoms with van der Waals surface area (Å²) in [6, 6.07) is 5.77. The lowest BCUT2D eigenvalue weighted by molar-refractivity contribution is 0.154. The van der Waals surface area contributed by atoms with Crippen molar-refractivity contribution in [2.75, 3.05) is 18.9 Å². The maximum atomic E-state index is 10.9. The van der Waals surface area contributed by atoms with Gasteiger partial charge in [-0.15, -0.1) is 0 Å². The van der Waals surface area contributed by atoms with Crippen LogP contribution in [0.2, 0.25) is 0 Å². The van der Waals surface area contributed by atoms with Gasteiger partial charge in [-0.05, 0) is 29.9 Å². The zero-order valence-electron chi connectivity index (χ0n) is 9.01. The lowest BCUT2D eigenvalue weighted by Gasteiger charge is -2.04. The normalized spacial score (nSPS) is 9.81. The Hall–Kier alpha value is -0.880. The molecule has 0 bridgehead atoms. The Labute approximate surface area is 103 Å². The number of carbonyl (C=O) groups is 1. The summed E-state index contributed by atoms with van der Waals surface area (Å²) >= 11 is 0. The van der Waals surface area contributed by atoms with E-state index in [4.69, 9.17) is 4.74 Å². The second-order valence-electron chi connectivity index (χ2n) is 2.74. The first-order valence-electron chi connectivity index (χ1n) is 4.94. The summed E-state index contributed by atoms with van der Waals surface area (Å²) in [7, 11) is 3.19. The van der Waals surface area contributed by atoms with Gasteiger partial charge in [0.1, 0.15) is 11.6 Å². The summed E-state index contributed by atoms with van der Waals surface area (Å²) in [5, 5.41) is 3.53. The number of hydrogen-bond donors (Lipinski definition) is 1. The number of nitrogens with zero attached hydrogens (tertiary/aromatic N) is 1. The highest BCUT2D eigenvalue weighted by Crippen LogP contribution is 2.28. The minimum atomic E-state index is -0.356. The van der Waals surface area contributed by atoms with Crippen LogP contribution in [0.25, 0.3) is 0 Å². The van der Waals surface area contributed by atoms with Crippen molar-refractivity contribution in [2.45, 2.75) is 11.9 Å². The SMILES string of the molecule is CCNC(=O)OCCSSc1ccccn1. The molecule has 0 atom stereocenters. The summed E-state index contributed by atoms with van der Waals surface area (Å²) in [5.41, 5.74) is 0. The predicted octanol–water partition coefficient (Wildman–Crippen LogP) is 2.57. The molecule has 0 fully saturated rings. The molecule has 0 saturated carbocycles. The largest absolute Gasteiger partial charge is 0.449 e. The van der Waals surface area contributed by atoms with Crippen LogP contribution in [0.3, 0.4) is 0 Å². The average molecular weight is 258 g/mol. The summed E-state index contributed by atoms with van der Waals surface area (Å²) < 4.78 is 4.92. The summed E-state index contributed by atoms with van der Waals surface area (Å²) in [6.07, 6.45) is 1.40. The number of carbonyl (C=O) groups excluding carboxylic acids is 1. The van der Waals surface area contributed by atoms with Gasteiger partial charge in [-0.3, -0.25) is 0 Å². The highest BCUT2D eigenvalue weighted by atomic mass is 33.1. The van der Waals surface area contributed by atoms with Crippen LogP contribution in [-0.4, -0.2) is 30.0 Å². The molecule has 1 heterocycles. The third kappa shape index (κ3) is 5.87. The van der Waals surface area contributed by atoms with Gasteiger partial charge in [-0.2, -0.15) is 0 Å². The lowest BCUT2D eigenvalue weighted by Crippen LogP contribution is -2.24. The van der Waals surface area contributed by atoms with Crippen LogP contribution >= 0.6 is 21.6 Å². The maximum Gasteiger partial charge on any atom is 0.407 e. The van der Waals surface area contributed by atoms with Gasteiger partial charge in [-0.25, -0.2) is 9.78 Å². The molecule has 1 N–H and O–H groups in total. The molecule has 1 amide bonds. The van der Waals surface area contributed by atoms with E-state index in [0.717, 1.165) is 10.8 Å². The fourth-order valence-corrected chi connectivity index (χ4v) is 2.57. The standard InChI is InChI=1S/C10H14N2O2S2/c1-2-11-10(13)14-7-8-15-16-9-5-3-4-6-12-9/h3-6H,2,7-8H2,1H3,(H,11,13). The summed E-state index contributed by atoms with van der Waals surface area (Å²) in [6.45, 7) is 2.86. The summed E-state index contributed by atoms with van der Waals surface area (Å²) in [5.74, 6) is 0.748. The van der Waals surface area contributed by atoms with Crippen molar-refractivity contribution < 1.29 is 9.53 Å². The fraction of sp³-hybridized carbons (Fsp3) is 0.400. The highest BCUT2D eigenvalue weighted by Gasteiger charge is 1.99. The predicted molar refractivity (Wildman–Crippen MR) is 67.6 cm³/mol. The molecule has 1 rings (SSSR count). The Balaban J connectivity index is 2.02. The Bertz CT molecular complexity index is 309. The molecule has 6 heteroatoms. The number of aromatic nitrogens is 1. The van der Waals surface area contributed by atoms with Gasteiger partial charge >= 0.3 is 6.09 Å². The number of rotatable bonds is 6. The van der Waals surface area contributed by atoms with Gasteiger partial charge in [0.15, 0.2) is 0 Å². The van der Waals surface area contributed by atoms with Crippen LogP contribution in [0, 0.1) is 0 Å². The molecule has 0 aliphatic heterocycles. The van der Waals surface area contributed by atoms with Crippen LogP contribution in [0.4, 0.5) is 4.79 Å². The van der Waals surface area contributed by atoms with E-state index in [2.05, 4.69) is 10.3 Å². The Kier molecular flexibility index (Phi) is 6.83. The van der Waals surface area contributed by atoms with Crippen molar-refractivity contribution in [3.8, 4) is 0 Å². The van der Waals surface area contributed by atoms with E-state index < -0.39 is 0 Å². The molecular formula is C10H14N2O2S2. The molecular weight excluding hydrogens is 244 g/mol. The zero-order valence-corrected chi connectivity index (χ0v) is 10.6. The molecule has 1 aromatic heterocycles. The first-order valence-corrected chi connectivity index (χ1v) is 7.26. The van der Waals surface area contributed by atoms with Crippen molar-refractivity contribution in [3.63, 3.8) is 0 Å². The number of alkyl carbamates (subject to hydrolysis) is 1. The van der Waals surface area contributed by atoms with E-state index in [1.165, 1.54) is 0 Å². The zero-order chi connectivity index (χ0) is 11.6. The molecule has 0 radical (unpaired) electrons. The van der Waals surface area contributed by atoms with Gasteiger partial charge in [0.2, 0.25) is 0 Å². The van der Waals surface area contributed by atoms with Gasteiger partial charge < -0.3 is 10.1 Å². The quantitative estimate of drug-likeness (QED) is 0.628. The number of hydrogen-bond acceptors (Lipinski definition) is 5. The van der Waals surface area contributed by atoms with E-state index in [0.29, 0.717) is 13.2 Å². The van der Waals surface area contributed by atoms with E-state index in [-0.39, 0.29) is 6.09 Å². The van der Waals surface area contributed by atoms with Crippen LogP contribution in [-0.2, 0) is 4.74 Å². The molecule has 16 heavy (non-hydrogen) atoms. The first-order chi connectivity index (χ1) is 7.83. The fourth-order valence-electron chi connectivity index (χ4n) is 0.862. The van der Waals surface area contributed by atoms with E-state index >= 15 is 0 Å². The van der Waals surface area contributed by atoms with Crippen molar-refractivity contribution in [3.05, 3.63) is 24.4 Å². The third-order valence-corrected chi connectivity index (χ3v) is 3.73. The lowest BCUT2D eigenvalue weighted by atomic mass is 10.5. The maximum absolute atomic E-state index is 10.9. The molecule has 0 spiro atoms. The minimum Gasteiger partial charge on any atom is -0.449 e. The highest BCUT2D eigenvalue weighted by molar-refractivity contribution is 8.76. The Morgan fingerprint density at radius 2 is 2.44 bits per heavy atom.